The summed E-state index contributed by atoms with van der Waals surface area (Å²) in [7, 11) is 0. The normalized spacial score (nSPS) is 39.9. The van der Waals surface area contributed by atoms with Gasteiger partial charge in [-0.05, 0) is 13.0 Å². The fourth-order valence-electron chi connectivity index (χ4n) is 2.81. The van der Waals surface area contributed by atoms with Crippen LogP contribution in [0.4, 0.5) is 0 Å². The van der Waals surface area contributed by atoms with E-state index in [0.29, 0.717) is 0 Å². The molecule has 14 heteroatoms. The van der Waals surface area contributed by atoms with Gasteiger partial charge in [0.15, 0.2) is 12.6 Å². The molecule has 0 radical (unpaired) electrons. The summed E-state index contributed by atoms with van der Waals surface area (Å²) in [6, 6.07) is 0. The molecule has 2 saturated heterocycles. The Kier molecular flexibility index (Phi) is 16.0. The van der Waals surface area contributed by atoms with E-state index in [4.69, 9.17) is 19.3 Å². The average molecular weight is 493 g/mol. The molecular weight excluding hydrogens is 463 g/mol. The number of aliphatic hydroxyl groups is 8. The Hall–Kier alpha value is 0.146. The van der Waals surface area contributed by atoms with Crippen LogP contribution < -0.4 is 56.5 Å². The zero-order chi connectivity index (χ0) is 23.7. The molecule has 0 aromatic rings. The zero-order valence-corrected chi connectivity index (χ0v) is 20.7. The summed E-state index contributed by atoms with van der Waals surface area (Å²) in [5, 5.41) is 86.1. The predicted molar refractivity (Wildman–Crippen MR) is 97.6 cm³/mol. The van der Waals surface area contributed by atoms with Crippen LogP contribution in [0.5, 0.6) is 0 Å². The standard InChI is InChI=1S/C12H22O11.C6H8O2.K/c13-1-3-5(15)6(16)9(19)12(22-3)23-10-4(2-14)21-11(20)8(18)7(10)17;1-2-3-4-5-6(7)8;/h3-20H,1-2H2;2-5H,1H3,(H,7,8);/q;;+1/p-1/b;3-2+,5-4+;/t3-,4-,5+,6+,7-,8-,9-,10-,11?,12+;;/m1../s1. The molecule has 1 unspecified atom stereocenters. The first-order valence-electron chi connectivity index (χ1n) is 9.35. The fraction of sp³-hybridized carbons (Fsp3) is 0.722. The predicted octanol–water partition coefficient (Wildman–Crippen LogP) is -8.52. The Bertz CT molecular complexity index is 599. The van der Waals surface area contributed by atoms with Gasteiger partial charge in [-0.25, -0.2) is 0 Å². The zero-order valence-electron chi connectivity index (χ0n) is 17.6. The molecule has 2 heterocycles. The van der Waals surface area contributed by atoms with Gasteiger partial charge in [0.1, 0.15) is 48.8 Å². The fourth-order valence-corrected chi connectivity index (χ4v) is 2.81. The molecule has 0 aromatic heterocycles. The van der Waals surface area contributed by atoms with Gasteiger partial charge < -0.3 is 65.0 Å². The van der Waals surface area contributed by atoms with Gasteiger partial charge in [-0.2, -0.15) is 0 Å². The number of rotatable bonds is 6. The SMILES string of the molecule is C/C=C/C=C/C(=O)[O-].OC[C@H]1O[C@@H](O[C@H]2[C@H](O)[C@@H](O)C(O)O[C@@H]2CO)[C@H](O)[C@@H](O)[C@H]1O.[K+]. The minimum Gasteiger partial charge on any atom is -0.545 e. The second kappa shape index (κ2) is 15.9. The summed E-state index contributed by atoms with van der Waals surface area (Å²) in [6.45, 7) is 0.460. The van der Waals surface area contributed by atoms with Crippen LogP contribution in [0.2, 0.25) is 0 Å². The third-order valence-corrected chi connectivity index (χ3v) is 4.51. The Morgan fingerprint density at radius 3 is 1.97 bits per heavy atom. The van der Waals surface area contributed by atoms with Crippen molar-refractivity contribution in [1.29, 1.82) is 0 Å². The number of aliphatic hydroxyl groups excluding tert-OH is 8. The van der Waals surface area contributed by atoms with Crippen molar-refractivity contribution in [3.05, 3.63) is 24.3 Å². The molecular formula is C18H29KO13. The molecule has 0 bridgehead atoms. The number of hydrogen-bond donors (Lipinski definition) is 8. The van der Waals surface area contributed by atoms with Gasteiger partial charge in [0.2, 0.25) is 0 Å². The van der Waals surface area contributed by atoms with Crippen LogP contribution in [0.25, 0.3) is 0 Å². The van der Waals surface area contributed by atoms with E-state index in [0.717, 1.165) is 6.08 Å². The van der Waals surface area contributed by atoms with Gasteiger partial charge >= 0.3 is 51.4 Å². The van der Waals surface area contributed by atoms with E-state index in [-0.39, 0.29) is 51.4 Å². The monoisotopic (exact) mass is 492 g/mol. The summed E-state index contributed by atoms with van der Waals surface area (Å²) in [6.07, 6.45) is -9.83. The summed E-state index contributed by atoms with van der Waals surface area (Å²) >= 11 is 0. The van der Waals surface area contributed by atoms with Crippen LogP contribution in [0.15, 0.2) is 24.3 Å². The number of carbonyl (C=O) groups excluding carboxylic acids is 1. The van der Waals surface area contributed by atoms with E-state index < -0.39 is 80.6 Å². The van der Waals surface area contributed by atoms with E-state index in [2.05, 4.69) is 0 Å². The van der Waals surface area contributed by atoms with E-state index in [1.807, 2.05) is 0 Å². The van der Waals surface area contributed by atoms with E-state index in [1.54, 1.807) is 19.1 Å². The maximum atomic E-state index is 9.94. The first kappa shape index (κ1) is 32.1. The number of allylic oxidation sites excluding steroid dienone is 3. The Balaban J connectivity index is 0.000000917. The quantitative estimate of drug-likeness (QED) is 0.0979. The molecule has 32 heavy (non-hydrogen) atoms. The van der Waals surface area contributed by atoms with Crippen LogP contribution >= 0.6 is 0 Å². The number of carboxylic acid groups (broad SMARTS) is 1. The minimum atomic E-state index is -1.74. The van der Waals surface area contributed by atoms with Crippen molar-refractivity contribution >= 4 is 5.97 Å². The van der Waals surface area contributed by atoms with Crippen molar-refractivity contribution in [2.75, 3.05) is 13.2 Å². The van der Waals surface area contributed by atoms with Gasteiger partial charge in [-0.3, -0.25) is 0 Å². The third-order valence-electron chi connectivity index (χ3n) is 4.51. The molecule has 0 spiro atoms. The second-order valence-corrected chi connectivity index (χ2v) is 6.73. The van der Waals surface area contributed by atoms with Crippen LogP contribution in [-0.4, -0.2) is 121 Å². The molecule has 2 fully saturated rings. The maximum Gasteiger partial charge on any atom is 1.00 e. The number of hydrogen-bond acceptors (Lipinski definition) is 13. The molecule has 180 valence electrons. The Labute approximate surface area is 226 Å². The van der Waals surface area contributed by atoms with Crippen LogP contribution in [0.3, 0.4) is 0 Å². The van der Waals surface area contributed by atoms with E-state index in [9.17, 15) is 45.6 Å². The molecule has 2 aliphatic rings. The van der Waals surface area contributed by atoms with Crippen molar-refractivity contribution in [2.45, 2.75) is 68.3 Å². The molecule has 0 aromatic carbocycles. The minimum absolute atomic E-state index is 0. The van der Waals surface area contributed by atoms with Crippen molar-refractivity contribution in [1.82, 2.24) is 0 Å². The summed E-state index contributed by atoms with van der Waals surface area (Å²) in [5.41, 5.74) is 0. The molecule has 2 rings (SSSR count). The molecule has 10 atom stereocenters. The number of aliphatic carboxylic acids is 1. The summed E-state index contributed by atoms with van der Waals surface area (Å²) < 4.78 is 15.3. The van der Waals surface area contributed by atoms with Gasteiger partial charge in [-0.1, -0.05) is 18.2 Å². The molecule has 2 aliphatic heterocycles. The number of carboxylic acids is 1. The van der Waals surface area contributed by atoms with Crippen LogP contribution in [-0.2, 0) is 19.0 Å². The first-order valence-corrected chi connectivity index (χ1v) is 9.35. The third kappa shape index (κ3) is 9.07. The average Bonchev–Trinajstić information content (AvgIpc) is 2.74. The topological polar surface area (TPSA) is 230 Å². The van der Waals surface area contributed by atoms with Crippen molar-refractivity contribution in [2.24, 2.45) is 0 Å². The number of carbonyl (C=O) groups is 1. The van der Waals surface area contributed by atoms with Crippen LogP contribution in [0, 0.1) is 0 Å². The van der Waals surface area contributed by atoms with Crippen LogP contribution in [0.1, 0.15) is 6.92 Å². The van der Waals surface area contributed by atoms with Gasteiger partial charge in [0.25, 0.3) is 0 Å². The number of ether oxygens (including phenoxy) is 3. The maximum absolute atomic E-state index is 9.94. The van der Waals surface area contributed by atoms with Gasteiger partial charge in [-0.15, -0.1) is 0 Å². The van der Waals surface area contributed by atoms with Crippen molar-refractivity contribution in [3.8, 4) is 0 Å². The van der Waals surface area contributed by atoms with Gasteiger partial charge in [0.05, 0.1) is 19.2 Å². The Morgan fingerprint density at radius 1 is 0.875 bits per heavy atom. The molecule has 0 amide bonds. The molecule has 13 nitrogen and oxygen atoms in total. The largest absolute Gasteiger partial charge is 1.00 e. The van der Waals surface area contributed by atoms with Crippen molar-refractivity contribution in [3.63, 3.8) is 0 Å². The summed E-state index contributed by atoms with van der Waals surface area (Å²) in [5.74, 6) is -1.16. The van der Waals surface area contributed by atoms with Gasteiger partial charge in [0, 0.05) is 0 Å². The molecule has 0 saturated carbocycles. The Morgan fingerprint density at radius 2 is 1.47 bits per heavy atom. The van der Waals surface area contributed by atoms with Crippen molar-refractivity contribution < 1.29 is 116 Å². The smallest absolute Gasteiger partial charge is 0.545 e. The summed E-state index contributed by atoms with van der Waals surface area (Å²) in [4.78, 5) is 9.64. The van der Waals surface area contributed by atoms with E-state index >= 15 is 0 Å². The second-order valence-electron chi connectivity index (χ2n) is 6.73. The molecule has 0 aliphatic carbocycles. The molecule has 8 N–H and O–H groups in total. The van der Waals surface area contributed by atoms with E-state index in [1.165, 1.54) is 6.08 Å². The first-order chi connectivity index (χ1) is 14.6.